The third-order valence-corrected chi connectivity index (χ3v) is 10.5. The molecule has 0 aromatic heterocycles. The minimum Gasteiger partial charge on any atom is -0.465 e. The standard InChI is InChI=1S/C29H40O10/c1-7-17(2)24(33)39-23-22(38-19(4)31)25(5)12-27(11-21(32)35-13-27)14-36-26(25,6)20-9-8-10-28(15-37-28)29(20,23)16-34-18(3)30/h7,20,22-23H,8-16H2,1-6H3. The molecule has 216 valence electrons. The maximum atomic E-state index is 13.4. The molecule has 2 saturated carbocycles. The number of fused-ring (bicyclic) bond motifs is 4. The number of hydrogen-bond acceptors (Lipinski definition) is 10. The first-order valence-electron chi connectivity index (χ1n) is 13.9. The minimum atomic E-state index is -1.03. The van der Waals surface area contributed by atoms with Gasteiger partial charge in [-0.3, -0.25) is 14.4 Å². The summed E-state index contributed by atoms with van der Waals surface area (Å²) in [5.74, 6) is -2.10. The van der Waals surface area contributed by atoms with Gasteiger partial charge in [0.15, 0.2) is 6.10 Å². The largest absolute Gasteiger partial charge is 0.465 e. The van der Waals surface area contributed by atoms with Gasteiger partial charge >= 0.3 is 23.9 Å². The Morgan fingerprint density at radius 3 is 2.28 bits per heavy atom. The fourth-order valence-electron chi connectivity index (χ4n) is 8.33. The molecule has 5 rings (SSSR count). The molecule has 10 nitrogen and oxygen atoms in total. The number of carbonyl (C=O) groups is 4. The highest BCUT2D eigenvalue weighted by molar-refractivity contribution is 5.88. The van der Waals surface area contributed by atoms with Crippen LogP contribution in [-0.4, -0.2) is 73.7 Å². The maximum Gasteiger partial charge on any atom is 0.333 e. The zero-order valence-corrected chi connectivity index (χ0v) is 23.8. The summed E-state index contributed by atoms with van der Waals surface area (Å²) < 4.78 is 36.7. The van der Waals surface area contributed by atoms with Crippen molar-refractivity contribution < 1.29 is 47.6 Å². The summed E-state index contributed by atoms with van der Waals surface area (Å²) in [5.41, 5.74) is -3.70. The van der Waals surface area contributed by atoms with Crippen LogP contribution < -0.4 is 0 Å². The molecule has 8 unspecified atom stereocenters. The van der Waals surface area contributed by atoms with Crippen molar-refractivity contribution in [3.05, 3.63) is 11.6 Å². The summed E-state index contributed by atoms with van der Waals surface area (Å²) in [6.07, 6.45) is 2.62. The Balaban J connectivity index is 1.72. The summed E-state index contributed by atoms with van der Waals surface area (Å²) >= 11 is 0. The highest BCUT2D eigenvalue weighted by Gasteiger charge is 2.82. The van der Waals surface area contributed by atoms with Gasteiger partial charge in [-0.05, 0) is 40.0 Å². The summed E-state index contributed by atoms with van der Waals surface area (Å²) in [6, 6.07) is 0. The average Bonchev–Trinajstić information content (AvgIpc) is 3.56. The van der Waals surface area contributed by atoms with E-state index < -0.39 is 57.6 Å². The molecular formula is C29H40O10. The zero-order chi connectivity index (χ0) is 28.4. The van der Waals surface area contributed by atoms with E-state index in [0.717, 1.165) is 6.42 Å². The van der Waals surface area contributed by atoms with E-state index in [9.17, 15) is 19.2 Å². The van der Waals surface area contributed by atoms with E-state index in [0.29, 0.717) is 38.0 Å². The van der Waals surface area contributed by atoms with Crippen LogP contribution in [0.3, 0.4) is 0 Å². The van der Waals surface area contributed by atoms with Crippen molar-refractivity contribution in [3.8, 4) is 0 Å². The Morgan fingerprint density at radius 1 is 1.00 bits per heavy atom. The lowest BCUT2D eigenvalue weighted by Gasteiger charge is -2.70. The molecule has 2 spiro atoms. The van der Waals surface area contributed by atoms with E-state index in [-0.39, 0.29) is 31.5 Å². The Kier molecular flexibility index (Phi) is 6.69. The van der Waals surface area contributed by atoms with Crippen molar-refractivity contribution >= 4 is 23.9 Å². The van der Waals surface area contributed by atoms with Crippen LogP contribution in [-0.2, 0) is 47.6 Å². The lowest BCUT2D eigenvalue weighted by molar-refractivity contribution is -0.349. The van der Waals surface area contributed by atoms with Gasteiger partial charge < -0.3 is 28.4 Å². The van der Waals surface area contributed by atoms with Crippen LogP contribution in [0.2, 0.25) is 0 Å². The van der Waals surface area contributed by atoms with Gasteiger partial charge in [0, 0.05) is 36.2 Å². The van der Waals surface area contributed by atoms with E-state index in [1.165, 1.54) is 13.8 Å². The third-order valence-electron chi connectivity index (χ3n) is 10.5. The molecule has 0 radical (unpaired) electrons. The van der Waals surface area contributed by atoms with Crippen LogP contribution in [0, 0.1) is 22.2 Å². The van der Waals surface area contributed by atoms with Crippen LogP contribution in [0.4, 0.5) is 0 Å². The lowest BCUT2D eigenvalue weighted by Crippen LogP contribution is -2.80. The van der Waals surface area contributed by atoms with Gasteiger partial charge in [-0.2, -0.15) is 0 Å². The van der Waals surface area contributed by atoms with Crippen LogP contribution >= 0.6 is 0 Å². The Morgan fingerprint density at radius 2 is 1.72 bits per heavy atom. The second-order valence-corrected chi connectivity index (χ2v) is 12.7. The third kappa shape index (κ3) is 4.04. The maximum absolute atomic E-state index is 13.4. The first-order chi connectivity index (χ1) is 18.3. The summed E-state index contributed by atoms with van der Waals surface area (Å²) in [6.45, 7) is 11.0. The van der Waals surface area contributed by atoms with Crippen molar-refractivity contribution in [2.75, 3.05) is 26.4 Å². The number of epoxide rings is 1. The van der Waals surface area contributed by atoms with Crippen LogP contribution in [0.25, 0.3) is 0 Å². The number of ether oxygens (including phenoxy) is 6. The molecule has 10 heteroatoms. The molecule has 3 aliphatic heterocycles. The van der Waals surface area contributed by atoms with Gasteiger partial charge in [-0.25, -0.2) is 4.79 Å². The van der Waals surface area contributed by atoms with Gasteiger partial charge in [0.1, 0.15) is 18.3 Å². The average molecular weight is 549 g/mol. The first-order valence-corrected chi connectivity index (χ1v) is 13.9. The second-order valence-electron chi connectivity index (χ2n) is 12.7. The molecule has 0 amide bonds. The Labute approximate surface area is 229 Å². The Bertz CT molecular complexity index is 1110. The fourth-order valence-corrected chi connectivity index (χ4v) is 8.33. The van der Waals surface area contributed by atoms with E-state index in [4.69, 9.17) is 28.4 Å². The fraction of sp³-hybridized carbons (Fsp3) is 0.793. The van der Waals surface area contributed by atoms with Gasteiger partial charge in [-0.15, -0.1) is 0 Å². The summed E-state index contributed by atoms with van der Waals surface area (Å²) in [7, 11) is 0. The molecule has 0 N–H and O–H groups in total. The predicted molar refractivity (Wildman–Crippen MR) is 135 cm³/mol. The highest BCUT2D eigenvalue weighted by atomic mass is 16.6. The minimum absolute atomic E-state index is 0.0701. The number of carbonyl (C=O) groups excluding carboxylic acids is 4. The van der Waals surface area contributed by atoms with Gasteiger partial charge in [-0.1, -0.05) is 19.4 Å². The van der Waals surface area contributed by atoms with Gasteiger partial charge in [0.05, 0.1) is 37.3 Å². The number of esters is 4. The molecule has 3 heterocycles. The van der Waals surface area contributed by atoms with E-state index in [2.05, 4.69) is 0 Å². The molecule has 0 aromatic carbocycles. The molecular weight excluding hydrogens is 508 g/mol. The second kappa shape index (κ2) is 9.29. The summed E-state index contributed by atoms with van der Waals surface area (Å²) in [5, 5.41) is 0. The monoisotopic (exact) mass is 548 g/mol. The number of hydrogen-bond donors (Lipinski definition) is 0. The molecule has 8 atom stereocenters. The van der Waals surface area contributed by atoms with Crippen LogP contribution in [0.5, 0.6) is 0 Å². The van der Waals surface area contributed by atoms with Crippen molar-refractivity contribution in [1.29, 1.82) is 0 Å². The topological polar surface area (TPSA) is 127 Å². The number of rotatable bonds is 5. The molecule has 5 aliphatic rings. The number of allylic oxidation sites excluding steroid dienone is 1. The highest BCUT2D eigenvalue weighted by Crippen LogP contribution is 2.72. The first kappa shape index (κ1) is 28.1. The molecule has 3 saturated heterocycles. The lowest BCUT2D eigenvalue weighted by atomic mass is 9.40. The van der Waals surface area contributed by atoms with Crippen molar-refractivity contribution in [2.24, 2.45) is 22.2 Å². The molecule has 5 fully saturated rings. The SMILES string of the molecule is CC=C(C)C(=O)OC1C(OC(C)=O)C2(C)CC3(COC(=O)C3)COC2(C)C2CCCC3(CO3)C12COC(C)=O. The molecule has 0 bridgehead atoms. The van der Waals surface area contributed by atoms with E-state index in [1.54, 1.807) is 19.9 Å². The quantitative estimate of drug-likeness (QED) is 0.219. The predicted octanol–water partition coefficient (Wildman–Crippen LogP) is 3.05. The smallest absolute Gasteiger partial charge is 0.333 e. The van der Waals surface area contributed by atoms with Crippen molar-refractivity contribution in [1.82, 2.24) is 0 Å². The zero-order valence-electron chi connectivity index (χ0n) is 23.8. The van der Waals surface area contributed by atoms with Gasteiger partial charge in [0.25, 0.3) is 0 Å². The molecule has 39 heavy (non-hydrogen) atoms. The van der Waals surface area contributed by atoms with Crippen molar-refractivity contribution in [2.45, 2.75) is 97.1 Å². The van der Waals surface area contributed by atoms with E-state index in [1.807, 2.05) is 13.8 Å². The van der Waals surface area contributed by atoms with Crippen molar-refractivity contribution in [3.63, 3.8) is 0 Å². The molecule has 0 aromatic rings. The Hall–Kier alpha value is -2.46. The normalized spacial score (nSPS) is 44.7. The van der Waals surface area contributed by atoms with Crippen LogP contribution in [0.1, 0.15) is 73.6 Å². The summed E-state index contributed by atoms with van der Waals surface area (Å²) in [4.78, 5) is 50.6. The molecule has 2 aliphatic carbocycles. The number of cyclic esters (lactones) is 1. The van der Waals surface area contributed by atoms with E-state index >= 15 is 0 Å². The van der Waals surface area contributed by atoms with Crippen LogP contribution in [0.15, 0.2) is 11.6 Å². The van der Waals surface area contributed by atoms with Gasteiger partial charge in [0.2, 0.25) is 0 Å².